The van der Waals surface area contributed by atoms with Crippen molar-refractivity contribution in [3.05, 3.63) is 11.1 Å². The van der Waals surface area contributed by atoms with Crippen LogP contribution in [0.25, 0.3) is 0 Å². The fraction of sp³-hybridized carbons (Fsp3) is 0.643. The summed E-state index contributed by atoms with van der Waals surface area (Å²) < 4.78 is 0. The predicted molar refractivity (Wildman–Crippen MR) is 83.9 cm³/mol. The van der Waals surface area contributed by atoms with Crippen LogP contribution in [0.2, 0.25) is 0 Å². The summed E-state index contributed by atoms with van der Waals surface area (Å²) in [5.41, 5.74) is 0.852. The van der Waals surface area contributed by atoms with Crippen LogP contribution in [0.4, 0.5) is 9.93 Å². The summed E-state index contributed by atoms with van der Waals surface area (Å²) in [6.07, 6.45) is -0.0770. The molecule has 0 radical (unpaired) electrons. The number of nitrogens with zero attached hydrogens (tertiary/aromatic N) is 2. The van der Waals surface area contributed by atoms with E-state index in [9.17, 15) is 9.59 Å². The Kier molecular flexibility index (Phi) is 5.71. The van der Waals surface area contributed by atoms with Crippen LogP contribution in [0, 0.1) is 0 Å². The van der Waals surface area contributed by atoms with Crippen LogP contribution in [0.3, 0.4) is 0 Å². The zero-order chi connectivity index (χ0) is 16.2. The highest BCUT2D eigenvalue weighted by atomic mass is 32.1. The van der Waals surface area contributed by atoms with Gasteiger partial charge in [-0.25, -0.2) is 9.78 Å². The summed E-state index contributed by atoms with van der Waals surface area (Å²) in [6.45, 7) is 10.2. The zero-order valence-electron chi connectivity index (χ0n) is 13.1. The number of hydrogen-bond acceptors (Lipinski definition) is 4. The summed E-state index contributed by atoms with van der Waals surface area (Å²) >= 11 is 1.37. The van der Waals surface area contributed by atoms with Gasteiger partial charge in [0, 0.05) is 23.4 Å². The lowest BCUT2D eigenvalue weighted by atomic mass is 9.93. The number of nitrogens with one attached hydrogen (secondary N) is 1. The summed E-state index contributed by atoms with van der Waals surface area (Å²) in [7, 11) is 0. The van der Waals surface area contributed by atoms with E-state index in [1.807, 2.05) is 12.3 Å². The van der Waals surface area contributed by atoms with E-state index in [2.05, 4.69) is 31.1 Å². The monoisotopic (exact) mass is 313 g/mol. The number of carboxylic acids is 1. The molecule has 118 valence electrons. The molecule has 1 rings (SSSR count). The number of anilines is 1. The minimum Gasteiger partial charge on any atom is -0.481 e. The molecule has 1 aromatic rings. The number of carbonyl (C=O) groups excluding carboxylic acids is 1. The quantitative estimate of drug-likeness (QED) is 0.874. The van der Waals surface area contributed by atoms with E-state index in [1.165, 1.54) is 16.2 Å². The molecule has 0 aliphatic rings. The van der Waals surface area contributed by atoms with E-state index < -0.39 is 5.97 Å². The highest BCUT2D eigenvalue weighted by Crippen LogP contribution is 2.26. The zero-order valence-corrected chi connectivity index (χ0v) is 14.0. The van der Waals surface area contributed by atoms with E-state index in [1.54, 1.807) is 6.92 Å². The molecule has 0 aromatic carbocycles. The maximum atomic E-state index is 12.2. The third kappa shape index (κ3) is 5.00. The Bertz CT molecular complexity index is 508. The van der Waals surface area contributed by atoms with Crippen molar-refractivity contribution in [2.45, 2.75) is 52.5 Å². The van der Waals surface area contributed by atoms with Gasteiger partial charge in [0.15, 0.2) is 5.13 Å². The molecule has 0 bridgehead atoms. The lowest BCUT2D eigenvalue weighted by molar-refractivity contribution is -0.137. The maximum Gasteiger partial charge on any atom is 0.323 e. The molecule has 1 atom stereocenters. The molecule has 0 aliphatic carbocycles. The molecule has 2 amide bonds. The molecule has 21 heavy (non-hydrogen) atoms. The van der Waals surface area contributed by atoms with Gasteiger partial charge in [-0.05, 0) is 13.8 Å². The number of amides is 2. The topological polar surface area (TPSA) is 82.5 Å². The van der Waals surface area contributed by atoms with E-state index in [4.69, 9.17) is 5.11 Å². The van der Waals surface area contributed by atoms with Gasteiger partial charge < -0.3 is 10.0 Å². The molecule has 1 aromatic heterocycles. The van der Waals surface area contributed by atoms with Crippen molar-refractivity contribution >= 4 is 28.5 Å². The molecule has 0 saturated carbocycles. The molecule has 1 heterocycles. The first-order valence-corrected chi connectivity index (χ1v) is 7.78. The van der Waals surface area contributed by atoms with Gasteiger partial charge in [-0.2, -0.15) is 0 Å². The molecule has 1 unspecified atom stereocenters. The van der Waals surface area contributed by atoms with Crippen LogP contribution in [0.5, 0.6) is 0 Å². The number of urea groups is 1. The van der Waals surface area contributed by atoms with Crippen LogP contribution < -0.4 is 5.32 Å². The van der Waals surface area contributed by atoms with Crippen molar-refractivity contribution in [2.75, 3.05) is 11.9 Å². The van der Waals surface area contributed by atoms with E-state index in [-0.39, 0.29) is 23.9 Å². The molecular weight excluding hydrogens is 290 g/mol. The number of carbonyl (C=O) groups is 2. The van der Waals surface area contributed by atoms with Crippen LogP contribution in [0.15, 0.2) is 5.38 Å². The van der Waals surface area contributed by atoms with Crippen molar-refractivity contribution in [1.29, 1.82) is 0 Å². The molecule has 0 fully saturated rings. The number of aromatic nitrogens is 1. The fourth-order valence-electron chi connectivity index (χ4n) is 1.86. The molecule has 2 N–H and O–H groups in total. The van der Waals surface area contributed by atoms with Crippen molar-refractivity contribution in [3.8, 4) is 0 Å². The predicted octanol–water partition coefficient (Wildman–Crippen LogP) is 3.16. The Hall–Kier alpha value is -1.63. The number of aliphatic carboxylic acids is 1. The first-order valence-electron chi connectivity index (χ1n) is 6.90. The first-order chi connectivity index (χ1) is 9.65. The van der Waals surface area contributed by atoms with Crippen LogP contribution in [-0.2, 0) is 10.2 Å². The smallest absolute Gasteiger partial charge is 0.323 e. The summed E-state index contributed by atoms with van der Waals surface area (Å²) in [4.78, 5) is 28.9. The number of thiazole rings is 1. The van der Waals surface area contributed by atoms with Crippen molar-refractivity contribution in [1.82, 2.24) is 9.88 Å². The first kappa shape index (κ1) is 17.4. The average molecular weight is 313 g/mol. The van der Waals surface area contributed by atoms with E-state index >= 15 is 0 Å². The Balaban J connectivity index is 2.74. The standard InChI is InChI=1S/C14H23N3O3S/c1-6-17(9(2)7-11(18)19)13(20)16-12-15-10(8-21-12)14(3,4)5/h8-9H,6-7H2,1-5H3,(H,18,19)(H,15,16,20). The van der Waals surface area contributed by atoms with Crippen molar-refractivity contribution < 1.29 is 14.7 Å². The summed E-state index contributed by atoms with van der Waals surface area (Å²) in [5.74, 6) is -0.919. The molecule has 7 heteroatoms. The average Bonchev–Trinajstić information content (AvgIpc) is 2.76. The Morgan fingerprint density at radius 1 is 1.48 bits per heavy atom. The molecule has 0 aliphatic heterocycles. The van der Waals surface area contributed by atoms with Gasteiger partial charge in [0.25, 0.3) is 0 Å². The highest BCUT2D eigenvalue weighted by molar-refractivity contribution is 7.13. The van der Waals surface area contributed by atoms with E-state index in [0.717, 1.165) is 5.69 Å². The number of rotatable bonds is 5. The van der Waals surface area contributed by atoms with Gasteiger partial charge in [-0.3, -0.25) is 10.1 Å². The molecule has 6 nitrogen and oxygen atoms in total. The third-order valence-electron chi connectivity index (χ3n) is 3.09. The summed E-state index contributed by atoms with van der Waals surface area (Å²) in [5, 5.41) is 14.0. The molecule has 0 spiro atoms. The van der Waals surface area contributed by atoms with Gasteiger partial charge in [-0.15, -0.1) is 11.3 Å². The minimum absolute atomic E-state index is 0.0689. The Morgan fingerprint density at radius 3 is 2.52 bits per heavy atom. The van der Waals surface area contributed by atoms with Gasteiger partial charge >= 0.3 is 12.0 Å². The van der Waals surface area contributed by atoms with Crippen LogP contribution >= 0.6 is 11.3 Å². The van der Waals surface area contributed by atoms with Gasteiger partial charge in [0.2, 0.25) is 0 Å². The Morgan fingerprint density at radius 2 is 2.10 bits per heavy atom. The molecule has 0 saturated heterocycles. The largest absolute Gasteiger partial charge is 0.481 e. The van der Waals surface area contributed by atoms with Crippen LogP contribution in [-0.4, -0.2) is 39.6 Å². The SMILES string of the molecule is CCN(C(=O)Nc1nc(C(C)(C)C)cs1)C(C)CC(=O)O. The second-order valence-electron chi connectivity index (χ2n) is 5.95. The third-order valence-corrected chi connectivity index (χ3v) is 3.85. The van der Waals surface area contributed by atoms with Crippen LogP contribution in [0.1, 0.15) is 46.7 Å². The van der Waals surface area contributed by atoms with Crippen molar-refractivity contribution in [2.24, 2.45) is 0 Å². The number of carboxylic acid groups (broad SMARTS) is 1. The van der Waals surface area contributed by atoms with Gasteiger partial charge in [-0.1, -0.05) is 20.8 Å². The minimum atomic E-state index is -0.919. The second-order valence-corrected chi connectivity index (χ2v) is 6.81. The summed E-state index contributed by atoms with van der Waals surface area (Å²) in [6, 6.07) is -0.685. The Labute approximate surface area is 129 Å². The number of hydrogen-bond donors (Lipinski definition) is 2. The maximum absolute atomic E-state index is 12.2. The lowest BCUT2D eigenvalue weighted by Gasteiger charge is -2.26. The van der Waals surface area contributed by atoms with E-state index in [0.29, 0.717) is 11.7 Å². The normalized spacial score (nSPS) is 12.8. The molecular formula is C14H23N3O3S. The van der Waals surface area contributed by atoms with Gasteiger partial charge in [0.05, 0.1) is 12.1 Å². The fourth-order valence-corrected chi connectivity index (χ4v) is 2.78. The second kappa shape index (κ2) is 6.89. The lowest BCUT2D eigenvalue weighted by Crippen LogP contribution is -2.42. The van der Waals surface area contributed by atoms with Gasteiger partial charge in [0.1, 0.15) is 0 Å². The highest BCUT2D eigenvalue weighted by Gasteiger charge is 2.23. The van der Waals surface area contributed by atoms with Crippen molar-refractivity contribution in [3.63, 3.8) is 0 Å².